The molecule has 1 aromatic carbocycles. The Morgan fingerprint density at radius 2 is 2.24 bits per heavy atom. The fourth-order valence-electron chi connectivity index (χ4n) is 2.28. The van der Waals surface area contributed by atoms with Crippen LogP contribution in [0.1, 0.15) is 18.4 Å². The van der Waals surface area contributed by atoms with Crippen LogP contribution < -0.4 is 0 Å². The van der Waals surface area contributed by atoms with Gasteiger partial charge in [0.05, 0.1) is 0 Å². The Bertz CT molecular complexity index is 367. The Morgan fingerprint density at radius 3 is 3.00 bits per heavy atom. The highest BCUT2D eigenvalue weighted by Crippen LogP contribution is 2.39. The van der Waals surface area contributed by atoms with Crippen molar-refractivity contribution in [3.05, 3.63) is 29.8 Å². The van der Waals surface area contributed by atoms with Crippen molar-refractivity contribution >= 4 is 23.5 Å². The smallest absolute Gasteiger partial charge is 0.0155 e. The van der Waals surface area contributed by atoms with Gasteiger partial charge in [-0.3, -0.25) is 0 Å². The Hall–Kier alpha value is -0.120. The molecule has 0 amide bonds. The van der Waals surface area contributed by atoms with E-state index in [1.807, 2.05) is 23.5 Å². The lowest BCUT2D eigenvalue weighted by Crippen LogP contribution is -2.34. The number of thioether (sulfide) groups is 2. The molecule has 0 N–H and O–H groups in total. The van der Waals surface area contributed by atoms with Crippen LogP contribution in [0, 0.1) is 0 Å². The zero-order chi connectivity index (χ0) is 12.3. The van der Waals surface area contributed by atoms with Crippen LogP contribution in [0.25, 0.3) is 0 Å². The van der Waals surface area contributed by atoms with Crippen LogP contribution in [0.4, 0.5) is 0 Å². The fraction of sp³-hybridized carbons (Fsp3) is 0.571. The topological polar surface area (TPSA) is 3.24 Å². The summed E-state index contributed by atoms with van der Waals surface area (Å²) in [4.78, 5) is 3.99. The maximum absolute atomic E-state index is 2.50. The molecular formula is C14H21NS2. The molecule has 2 unspecified atom stereocenters. The number of rotatable bonds is 5. The molecular weight excluding hydrogens is 246 g/mol. The first-order valence-electron chi connectivity index (χ1n) is 6.13. The SMILES string of the molecule is CSCC(C)N(C)CC1CSc2ccccc21. The summed E-state index contributed by atoms with van der Waals surface area (Å²) in [6.45, 7) is 3.51. The van der Waals surface area contributed by atoms with Crippen LogP contribution in [0.15, 0.2) is 29.2 Å². The van der Waals surface area contributed by atoms with Crippen LogP contribution in [0.5, 0.6) is 0 Å². The predicted octanol–water partition coefficient (Wildman–Crippen LogP) is 3.56. The minimum absolute atomic E-state index is 0.669. The normalized spacial score (nSPS) is 20.6. The predicted molar refractivity (Wildman–Crippen MR) is 80.4 cm³/mol. The molecule has 0 bridgehead atoms. The molecule has 2 atom stereocenters. The number of hydrogen-bond donors (Lipinski definition) is 0. The van der Waals surface area contributed by atoms with Crippen LogP contribution in [0.2, 0.25) is 0 Å². The summed E-state index contributed by atoms with van der Waals surface area (Å²) in [7, 11) is 2.26. The minimum Gasteiger partial charge on any atom is -0.302 e. The number of hydrogen-bond acceptors (Lipinski definition) is 3. The zero-order valence-electron chi connectivity index (χ0n) is 10.8. The van der Waals surface area contributed by atoms with Gasteiger partial charge >= 0.3 is 0 Å². The molecule has 1 nitrogen and oxygen atoms in total. The van der Waals surface area contributed by atoms with Gasteiger partial charge in [0, 0.05) is 34.9 Å². The lowest BCUT2D eigenvalue weighted by atomic mass is 10.0. The van der Waals surface area contributed by atoms with E-state index in [4.69, 9.17) is 0 Å². The largest absolute Gasteiger partial charge is 0.302 e. The average molecular weight is 267 g/mol. The molecule has 0 radical (unpaired) electrons. The van der Waals surface area contributed by atoms with E-state index in [1.165, 1.54) is 22.9 Å². The van der Waals surface area contributed by atoms with Crippen molar-refractivity contribution in [2.24, 2.45) is 0 Å². The van der Waals surface area contributed by atoms with Gasteiger partial charge in [-0.05, 0) is 31.9 Å². The molecule has 0 aliphatic carbocycles. The second-order valence-corrected chi connectivity index (χ2v) is 6.76. The van der Waals surface area contributed by atoms with Gasteiger partial charge in [-0.25, -0.2) is 0 Å². The molecule has 1 heterocycles. The van der Waals surface area contributed by atoms with E-state index in [0.29, 0.717) is 12.0 Å². The van der Waals surface area contributed by atoms with Crippen LogP contribution in [-0.2, 0) is 0 Å². The Labute approximate surface area is 113 Å². The molecule has 3 heteroatoms. The third-order valence-electron chi connectivity index (χ3n) is 3.47. The van der Waals surface area contributed by atoms with Gasteiger partial charge < -0.3 is 4.90 Å². The molecule has 0 saturated heterocycles. The zero-order valence-corrected chi connectivity index (χ0v) is 12.5. The van der Waals surface area contributed by atoms with Gasteiger partial charge in [0.25, 0.3) is 0 Å². The summed E-state index contributed by atoms with van der Waals surface area (Å²) in [6, 6.07) is 9.54. The first kappa shape index (κ1) is 13.3. The molecule has 2 rings (SSSR count). The van der Waals surface area contributed by atoms with E-state index in [-0.39, 0.29) is 0 Å². The Balaban J connectivity index is 1.97. The summed E-state index contributed by atoms with van der Waals surface area (Å²) >= 11 is 3.95. The van der Waals surface area contributed by atoms with Crippen molar-refractivity contribution in [2.75, 3.05) is 31.4 Å². The van der Waals surface area contributed by atoms with Crippen molar-refractivity contribution in [1.82, 2.24) is 4.90 Å². The molecule has 0 saturated carbocycles. The summed E-state index contributed by atoms with van der Waals surface area (Å²) in [6.07, 6.45) is 2.19. The highest BCUT2D eigenvalue weighted by atomic mass is 32.2. The molecule has 0 fully saturated rings. The van der Waals surface area contributed by atoms with Gasteiger partial charge in [-0.2, -0.15) is 11.8 Å². The van der Waals surface area contributed by atoms with Gasteiger partial charge in [-0.1, -0.05) is 18.2 Å². The third kappa shape index (κ3) is 3.21. The van der Waals surface area contributed by atoms with Crippen molar-refractivity contribution in [2.45, 2.75) is 23.8 Å². The molecule has 17 heavy (non-hydrogen) atoms. The number of nitrogens with zero attached hydrogens (tertiary/aromatic N) is 1. The van der Waals surface area contributed by atoms with Crippen LogP contribution >= 0.6 is 23.5 Å². The van der Waals surface area contributed by atoms with Crippen molar-refractivity contribution in [3.63, 3.8) is 0 Å². The summed E-state index contributed by atoms with van der Waals surface area (Å²) in [5.41, 5.74) is 1.56. The average Bonchev–Trinajstić information content (AvgIpc) is 2.73. The molecule has 0 aromatic heterocycles. The van der Waals surface area contributed by atoms with E-state index in [9.17, 15) is 0 Å². The molecule has 94 valence electrons. The third-order valence-corrected chi connectivity index (χ3v) is 5.54. The molecule has 1 aliphatic rings. The van der Waals surface area contributed by atoms with Gasteiger partial charge in [0.2, 0.25) is 0 Å². The van der Waals surface area contributed by atoms with E-state index in [1.54, 1.807) is 5.56 Å². The van der Waals surface area contributed by atoms with E-state index >= 15 is 0 Å². The second kappa shape index (κ2) is 6.17. The molecule has 0 spiro atoms. The van der Waals surface area contributed by atoms with E-state index in [0.717, 1.165) is 0 Å². The molecule has 1 aromatic rings. The maximum Gasteiger partial charge on any atom is 0.0155 e. The summed E-state index contributed by atoms with van der Waals surface area (Å²) < 4.78 is 0. The van der Waals surface area contributed by atoms with Crippen LogP contribution in [-0.4, -0.2) is 42.3 Å². The van der Waals surface area contributed by atoms with E-state index in [2.05, 4.69) is 49.4 Å². The van der Waals surface area contributed by atoms with Gasteiger partial charge in [0.1, 0.15) is 0 Å². The highest BCUT2D eigenvalue weighted by Gasteiger charge is 2.24. The maximum atomic E-state index is 2.50. The quantitative estimate of drug-likeness (QED) is 0.803. The van der Waals surface area contributed by atoms with Crippen molar-refractivity contribution in [3.8, 4) is 0 Å². The number of benzene rings is 1. The number of likely N-dealkylation sites (N-methyl/N-ethyl adjacent to an activating group) is 1. The Kier molecular flexibility index (Phi) is 4.83. The lowest BCUT2D eigenvalue weighted by molar-refractivity contribution is 0.266. The highest BCUT2D eigenvalue weighted by molar-refractivity contribution is 7.99. The first-order chi connectivity index (χ1) is 8.22. The fourth-order valence-corrected chi connectivity index (χ4v) is 4.26. The second-order valence-electron chi connectivity index (χ2n) is 4.79. The number of fused-ring (bicyclic) bond motifs is 1. The minimum atomic E-state index is 0.669. The lowest BCUT2D eigenvalue weighted by Gasteiger charge is -2.27. The Morgan fingerprint density at radius 1 is 1.47 bits per heavy atom. The standard InChI is InChI=1S/C14H21NS2/c1-11(9-16-3)15(2)8-12-10-17-14-7-5-4-6-13(12)14/h4-7,11-12H,8-10H2,1-3H3. The van der Waals surface area contributed by atoms with Crippen molar-refractivity contribution < 1.29 is 0 Å². The first-order valence-corrected chi connectivity index (χ1v) is 8.51. The molecule has 1 aliphatic heterocycles. The monoisotopic (exact) mass is 267 g/mol. The summed E-state index contributed by atoms with van der Waals surface area (Å²) in [5, 5.41) is 0. The van der Waals surface area contributed by atoms with Gasteiger partial charge in [-0.15, -0.1) is 11.8 Å². The van der Waals surface area contributed by atoms with Crippen molar-refractivity contribution in [1.29, 1.82) is 0 Å². The summed E-state index contributed by atoms with van der Waals surface area (Å²) in [5.74, 6) is 3.18. The van der Waals surface area contributed by atoms with E-state index < -0.39 is 0 Å². The van der Waals surface area contributed by atoms with Gasteiger partial charge in [0.15, 0.2) is 0 Å². The van der Waals surface area contributed by atoms with Crippen LogP contribution in [0.3, 0.4) is 0 Å².